The average molecular weight is 632 g/mol. The summed E-state index contributed by atoms with van der Waals surface area (Å²) in [5, 5.41) is 1.35. The van der Waals surface area contributed by atoms with E-state index in [1.165, 1.54) is 0 Å². The molecule has 4 heterocycles. The standard InChI is InChI=1S/C19H12N3.C11H8N.Ir/c1-12-10-11-20-18-13-6-2-4-8-15(13)22-16-9-5-3-7-14(16)21-19(22)17(12)18;1-2-6-10(7-3-1)11-8-4-5-9-12-11;/h2-5,7-11H,1H3;1-6,8-9H;/q2*-1;/i1D3;;. The van der Waals surface area contributed by atoms with Gasteiger partial charge in [0.1, 0.15) is 5.65 Å². The molecule has 0 spiro atoms. The van der Waals surface area contributed by atoms with Crippen LogP contribution in [0.1, 0.15) is 9.68 Å². The SMILES string of the molecule is [2H]C([2H])([2H])c1ccnc2c3[c-]cccc3n3c4ccccc4nc3c12.[Ir].[c-]1ccccc1-c1ccccn1. The molecule has 0 aliphatic rings. The quantitative estimate of drug-likeness (QED) is 0.147. The number of aromatic nitrogens is 4. The fourth-order valence-corrected chi connectivity index (χ4v) is 4.19. The minimum absolute atomic E-state index is 0. The van der Waals surface area contributed by atoms with Crippen molar-refractivity contribution in [3.05, 3.63) is 121 Å². The van der Waals surface area contributed by atoms with E-state index in [2.05, 4.69) is 22.1 Å². The molecule has 171 valence electrons. The van der Waals surface area contributed by atoms with Crippen LogP contribution in [0.15, 0.2) is 103 Å². The number of hydrogen-bond acceptors (Lipinski definition) is 3. The molecule has 0 N–H and O–H groups in total. The number of imidazole rings is 1. The molecule has 0 unspecified atom stereocenters. The number of benzene rings is 3. The summed E-state index contributed by atoms with van der Waals surface area (Å²) in [4.78, 5) is 13.4. The van der Waals surface area contributed by atoms with Crippen LogP contribution in [-0.2, 0) is 20.1 Å². The molecule has 35 heavy (non-hydrogen) atoms. The molecule has 0 atom stereocenters. The Morgan fingerprint density at radius 3 is 2.43 bits per heavy atom. The average Bonchev–Trinajstić information content (AvgIpc) is 3.34. The number of hydrogen-bond donors (Lipinski definition) is 0. The van der Waals surface area contributed by atoms with Gasteiger partial charge in [-0.1, -0.05) is 24.3 Å². The van der Waals surface area contributed by atoms with Crippen molar-refractivity contribution in [1.82, 2.24) is 19.4 Å². The maximum Gasteiger partial charge on any atom is 0.130 e. The van der Waals surface area contributed by atoms with Crippen molar-refractivity contribution in [2.75, 3.05) is 0 Å². The third-order valence-corrected chi connectivity index (χ3v) is 5.70. The van der Waals surface area contributed by atoms with E-state index in [-0.39, 0.29) is 25.7 Å². The first-order valence-electron chi connectivity index (χ1n) is 12.4. The largest absolute Gasteiger partial charge is 0.335 e. The molecule has 0 fully saturated rings. The molecule has 0 bridgehead atoms. The van der Waals surface area contributed by atoms with Crippen LogP contribution in [0.5, 0.6) is 0 Å². The maximum atomic E-state index is 7.93. The monoisotopic (exact) mass is 632 g/mol. The van der Waals surface area contributed by atoms with Gasteiger partial charge in [0.05, 0.1) is 11.0 Å². The first-order valence-corrected chi connectivity index (χ1v) is 10.9. The Labute approximate surface area is 220 Å². The Morgan fingerprint density at radius 1 is 0.771 bits per heavy atom. The molecule has 0 saturated carbocycles. The second-order valence-electron chi connectivity index (χ2n) is 7.76. The summed E-state index contributed by atoms with van der Waals surface area (Å²) in [6.45, 7) is -2.25. The summed E-state index contributed by atoms with van der Waals surface area (Å²) in [6.07, 6.45) is 3.33. The fraction of sp³-hybridized carbons (Fsp3) is 0.0333. The Balaban J connectivity index is 0.000000191. The molecular formula is C30H20IrN4-2. The number of fused-ring (bicyclic) bond motifs is 8. The van der Waals surface area contributed by atoms with E-state index in [9.17, 15) is 0 Å². The number of para-hydroxylation sites is 2. The van der Waals surface area contributed by atoms with E-state index in [1.54, 1.807) is 18.5 Å². The van der Waals surface area contributed by atoms with Crippen molar-refractivity contribution in [2.24, 2.45) is 0 Å². The second kappa shape index (κ2) is 9.75. The Bertz CT molecular complexity index is 1830. The van der Waals surface area contributed by atoms with Gasteiger partial charge in [-0.25, -0.2) is 4.98 Å². The van der Waals surface area contributed by atoms with E-state index >= 15 is 0 Å². The first-order chi connectivity index (χ1) is 18.0. The third-order valence-electron chi connectivity index (χ3n) is 5.70. The Morgan fingerprint density at radius 2 is 1.60 bits per heavy atom. The van der Waals surface area contributed by atoms with Crippen LogP contribution < -0.4 is 0 Å². The molecule has 7 rings (SSSR count). The van der Waals surface area contributed by atoms with Crippen LogP contribution >= 0.6 is 0 Å². The molecular weight excluding hydrogens is 609 g/mol. The topological polar surface area (TPSA) is 43.1 Å². The smallest absolute Gasteiger partial charge is 0.130 e. The predicted molar refractivity (Wildman–Crippen MR) is 138 cm³/mol. The Kier molecular flexibility index (Phi) is 5.40. The van der Waals surface area contributed by atoms with E-state index in [0.717, 1.165) is 33.2 Å². The molecule has 4 nitrogen and oxygen atoms in total. The van der Waals surface area contributed by atoms with Crippen molar-refractivity contribution >= 4 is 38.5 Å². The molecule has 7 aromatic rings. The summed E-state index contributed by atoms with van der Waals surface area (Å²) in [5.41, 5.74) is 6.17. The van der Waals surface area contributed by atoms with E-state index in [1.807, 2.05) is 89.3 Å². The van der Waals surface area contributed by atoms with Crippen LogP contribution in [-0.4, -0.2) is 19.4 Å². The predicted octanol–water partition coefficient (Wildman–Crippen LogP) is 6.84. The molecule has 0 amide bonds. The van der Waals surface area contributed by atoms with Crippen molar-refractivity contribution in [1.29, 1.82) is 0 Å². The zero-order chi connectivity index (χ0) is 25.4. The van der Waals surface area contributed by atoms with Crippen molar-refractivity contribution in [2.45, 2.75) is 6.85 Å². The van der Waals surface area contributed by atoms with Gasteiger partial charge in [0.2, 0.25) is 0 Å². The van der Waals surface area contributed by atoms with Crippen molar-refractivity contribution in [3.63, 3.8) is 0 Å². The number of rotatable bonds is 1. The minimum atomic E-state index is -2.25. The molecule has 4 aromatic heterocycles. The normalized spacial score (nSPS) is 12.4. The van der Waals surface area contributed by atoms with Gasteiger partial charge >= 0.3 is 0 Å². The summed E-state index contributed by atoms with van der Waals surface area (Å²) >= 11 is 0. The van der Waals surface area contributed by atoms with Gasteiger partial charge in [-0.2, -0.15) is 0 Å². The zero-order valence-corrected chi connectivity index (χ0v) is 20.8. The van der Waals surface area contributed by atoms with Gasteiger partial charge in [0.25, 0.3) is 0 Å². The number of aryl methyl sites for hydroxylation is 1. The molecule has 3 aromatic carbocycles. The molecule has 0 saturated heterocycles. The summed E-state index contributed by atoms with van der Waals surface area (Å²) < 4.78 is 25.8. The van der Waals surface area contributed by atoms with Crippen LogP contribution in [0.4, 0.5) is 0 Å². The van der Waals surface area contributed by atoms with Crippen LogP contribution in [0.25, 0.3) is 49.7 Å². The number of nitrogens with zero attached hydrogens (tertiary/aromatic N) is 4. The van der Waals surface area contributed by atoms with Gasteiger partial charge in [-0.3, -0.25) is 0 Å². The van der Waals surface area contributed by atoms with Crippen LogP contribution in [0, 0.1) is 19.0 Å². The van der Waals surface area contributed by atoms with Gasteiger partial charge in [0, 0.05) is 47.5 Å². The van der Waals surface area contributed by atoms with Crippen molar-refractivity contribution < 1.29 is 24.2 Å². The van der Waals surface area contributed by atoms with Gasteiger partial charge < -0.3 is 14.4 Å². The Hall–Kier alpha value is -3.92. The maximum absolute atomic E-state index is 7.93. The van der Waals surface area contributed by atoms with E-state index < -0.39 is 6.85 Å². The van der Waals surface area contributed by atoms with Crippen LogP contribution in [0.3, 0.4) is 0 Å². The van der Waals surface area contributed by atoms with E-state index in [0.29, 0.717) is 16.6 Å². The minimum Gasteiger partial charge on any atom is -0.335 e. The van der Waals surface area contributed by atoms with E-state index in [4.69, 9.17) is 9.10 Å². The number of pyridine rings is 3. The first kappa shape index (κ1) is 19.4. The third kappa shape index (κ3) is 4.10. The fourth-order valence-electron chi connectivity index (χ4n) is 4.19. The van der Waals surface area contributed by atoms with Gasteiger partial charge in [-0.15, -0.1) is 65.5 Å². The summed E-state index contributed by atoms with van der Waals surface area (Å²) in [5.74, 6) is 0. The van der Waals surface area contributed by atoms with Gasteiger partial charge in [0.15, 0.2) is 0 Å². The summed E-state index contributed by atoms with van der Waals surface area (Å²) in [7, 11) is 0. The molecule has 0 aliphatic carbocycles. The molecule has 5 heteroatoms. The molecule has 1 radical (unpaired) electrons. The van der Waals surface area contributed by atoms with Gasteiger partial charge in [-0.05, 0) is 47.9 Å². The van der Waals surface area contributed by atoms with Crippen LogP contribution in [0.2, 0.25) is 0 Å². The van der Waals surface area contributed by atoms with Crippen molar-refractivity contribution in [3.8, 4) is 11.3 Å². The zero-order valence-electron chi connectivity index (χ0n) is 21.4. The summed E-state index contributed by atoms with van der Waals surface area (Å²) in [6, 6.07) is 35.1. The molecule has 0 aliphatic heterocycles. The second-order valence-corrected chi connectivity index (χ2v) is 7.76.